The van der Waals surface area contributed by atoms with Gasteiger partial charge in [0.1, 0.15) is 6.61 Å². The quantitative estimate of drug-likeness (QED) is 0.618. The molecule has 2 aromatic heterocycles. The van der Waals surface area contributed by atoms with E-state index in [0.717, 1.165) is 24.2 Å². The molecule has 0 unspecified atom stereocenters. The van der Waals surface area contributed by atoms with Crippen LogP contribution in [0.15, 0.2) is 40.5 Å². The van der Waals surface area contributed by atoms with E-state index in [1.165, 1.54) is 21.8 Å². The molecule has 1 saturated heterocycles. The second-order valence-corrected chi connectivity index (χ2v) is 7.61. The molecule has 0 aliphatic carbocycles. The van der Waals surface area contributed by atoms with Gasteiger partial charge in [-0.25, -0.2) is 9.78 Å². The highest BCUT2D eigenvalue weighted by Crippen LogP contribution is 2.16. The molecule has 1 aromatic carbocycles. The fraction of sp³-hybridized carbons (Fsp3) is 0.300. The van der Waals surface area contributed by atoms with E-state index in [0.29, 0.717) is 29.2 Å². The van der Waals surface area contributed by atoms with Crippen LogP contribution in [0.2, 0.25) is 0 Å². The summed E-state index contributed by atoms with van der Waals surface area (Å²) in [7, 11) is 0. The average molecular weight is 397 g/mol. The number of likely N-dealkylation sites (tertiary alicyclic amines) is 1. The fourth-order valence-electron chi connectivity index (χ4n) is 3.24. The lowest BCUT2D eigenvalue weighted by molar-refractivity contribution is -0.128. The molecule has 0 spiro atoms. The van der Waals surface area contributed by atoms with Gasteiger partial charge in [0, 0.05) is 36.7 Å². The lowest BCUT2D eigenvalue weighted by Crippen LogP contribution is -2.23. The molecule has 4 rings (SSSR count). The Kier molecular flexibility index (Phi) is 4.95. The Labute approximate surface area is 165 Å². The zero-order valence-corrected chi connectivity index (χ0v) is 16.2. The van der Waals surface area contributed by atoms with Gasteiger partial charge in [0.15, 0.2) is 4.96 Å². The van der Waals surface area contributed by atoms with E-state index in [9.17, 15) is 14.4 Å². The third kappa shape index (κ3) is 3.68. The van der Waals surface area contributed by atoms with Gasteiger partial charge in [-0.1, -0.05) is 12.1 Å². The number of aryl methyl sites for hydroxylation is 1. The summed E-state index contributed by atoms with van der Waals surface area (Å²) in [6.45, 7) is 3.12. The normalized spacial score (nSPS) is 14.0. The summed E-state index contributed by atoms with van der Waals surface area (Å²) >= 11 is 1.37. The molecule has 3 aromatic rings. The van der Waals surface area contributed by atoms with Crippen LogP contribution in [0, 0.1) is 6.92 Å². The molecular formula is C20H19N3O4S. The Bertz CT molecular complexity index is 1100. The number of aromatic nitrogens is 2. The van der Waals surface area contributed by atoms with Crippen LogP contribution in [0.1, 0.15) is 40.2 Å². The van der Waals surface area contributed by atoms with E-state index in [2.05, 4.69) is 4.98 Å². The van der Waals surface area contributed by atoms with Crippen LogP contribution in [-0.4, -0.2) is 32.7 Å². The van der Waals surface area contributed by atoms with E-state index in [1.54, 1.807) is 12.1 Å². The molecular weight excluding hydrogens is 378 g/mol. The summed E-state index contributed by atoms with van der Waals surface area (Å²) < 4.78 is 6.83. The first-order chi connectivity index (χ1) is 13.5. The first-order valence-corrected chi connectivity index (χ1v) is 9.90. The maximum Gasteiger partial charge on any atom is 0.338 e. The molecule has 0 atom stereocenters. The molecule has 1 fully saturated rings. The smallest absolute Gasteiger partial charge is 0.338 e. The van der Waals surface area contributed by atoms with Crippen molar-refractivity contribution in [2.75, 3.05) is 6.54 Å². The second kappa shape index (κ2) is 7.55. The maximum absolute atomic E-state index is 12.3. The number of rotatable bonds is 5. The van der Waals surface area contributed by atoms with Gasteiger partial charge in [0.25, 0.3) is 5.56 Å². The van der Waals surface area contributed by atoms with Crippen LogP contribution in [0.25, 0.3) is 4.96 Å². The first kappa shape index (κ1) is 18.4. The van der Waals surface area contributed by atoms with Gasteiger partial charge in [-0.05, 0) is 31.0 Å². The van der Waals surface area contributed by atoms with Crippen LogP contribution in [-0.2, 0) is 22.7 Å². The summed E-state index contributed by atoms with van der Waals surface area (Å²) in [4.78, 5) is 42.9. The van der Waals surface area contributed by atoms with Crippen molar-refractivity contribution in [3.05, 3.63) is 68.6 Å². The van der Waals surface area contributed by atoms with Crippen molar-refractivity contribution in [1.29, 1.82) is 0 Å². The minimum absolute atomic E-state index is 0.0639. The van der Waals surface area contributed by atoms with Gasteiger partial charge in [0.05, 0.1) is 11.3 Å². The SMILES string of the molecule is Cc1csc2nc(COC(=O)c3ccc(CN4CCCC4=O)cc3)cc(=O)n12. The lowest BCUT2D eigenvalue weighted by atomic mass is 10.1. The molecule has 0 saturated carbocycles. The lowest BCUT2D eigenvalue weighted by Gasteiger charge is -2.15. The molecule has 144 valence electrons. The number of ether oxygens (including phenoxy) is 1. The summed E-state index contributed by atoms with van der Waals surface area (Å²) in [5.41, 5.74) is 2.46. The standard InChI is InChI=1S/C20H19N3O4S/c1-13-12-28-20-21-16(9-18(25)23(13)20)11-27-19(26)15-6-4-14(5-7-15)10-22-8-2-3-17(22)24/h4-7,9,12H,2-3,8,10-11H2,1H3. The molecule has 1 amide bonds. The summed E-state index contributed by atoms with van der Waals surface area (Å²) in [6.07, 6.45) is 1.51. The number of esters is 1. The summed E-state index contributed by atoms with van der Waals surface area (Å²) in [5.74, 6) is -0.307. The number of benzene rings is 1. The van der Waals surface area contributed by atoms with E-state index in [1.807, 2.05) is 29.3 Å². The number of carbonyl (C=O) groups is 2. The molecule has 28 heavy (non-hydrogen) atoms. The van der Waals surface area contributed by atoms with Crippen LogP contribution >= 0.6 is 11.3 Å². The van der Waals surface area contributed by atoms with E-state index >= 15 is 0 Å². The predicted octanol–water partition coefficient (Wildman–Crippen LogP) is 2.54. The number of nitrogens with zero attached hydrogens (tertiary/aromatic N) is 3. The molecule has 1 aliphatic heterocycles. The van der Waals surface area contributed by atoms with Gasteiger partial charge < -0.3 is 9.64 Å². The van der Waals surface area contributed by atoms with Crippen molar-refractivity contribution < 1.29 is 14.3 Å². The highest BCUT2D eigenvalue weighted by Gasteiger charge is 2.20. The Morgan fingerprint density at radius 1 is 1.25 bits per heavy atom. The van der Waals surface area contributed by atoms with Crippen molar-refractivity contribution in [2.24, 2.45) is 0 Å². The zero-order valence-electron chi connectivity index (χ0n) is 15.4. The van der Waals surface area contributed by atoms with Gasteiger partial charge in [-0.15, -0.1) is 11.3 Å². The highest BCUT2D eigenvalue weighted by atomic mass is 32.1. The monoisotopic (exact) mass is 397 g/mol. The number of hydrogen-bond acceptors (Lipinski definition) is 6. The van der Waals surface area contributed by atoms with Crippen molar-refractivity contribution in [3.8, 4) is 0 Å². The third-order valence-electron chi connectivity index (χ3n) is 4.71. The molecule has 8 heteroatoms. The first-order valence-electron chi connectivity index (χ1n) is 9.02. The van der Waals surface area contributed by atoms with Crippen LogP contribution in [0.3, 0.4) is 0 Å². The minimum atomic E-state index is -0.479. The predicted molar refractivity (Wildman–Crippen MR) is 104 cm³/mol. The average Bonchev–Trinajstić information content (AvgIpc) is 3.26. The fourth-order valence-corrected chi connectivity index (χ4v) is 4.13. The van der Waals surface area contributed by atoms with Gasteiger partial charge >= 0.3 is 5.97 Å². The topological polar surface area (TPSA) is 81.0 Å². The molecule has 3 heterocycles. The molecule has 1 aliphatic rings. The van der Waals surface area contributed by atoms with Crippen molar-refractivity contribution in [2.45, 2.75) is 32.9 Å². The molecule has 0 radical (unpaired) electrons. The van der Waals surface area contributed by atoms with Gasteiger partial charge in [-0.2, -0.15) is 0 Å². The largest absolute Gasteiger partial charge is 0.456 e. The Balaban J connectivity index is 1.40. The third-order valence-corrected chi connectivity index (χ3v) is 5.66. The highest BCUT2D eigenvalue weighted by molar-refractivity contribution is 7.15. The second-order valence-electron chi connectivity index (χ2n) is 6.77. The van der Waals surface area contributed by atoms with E-state index < -0.39 is 5.97 Å². The zero-order chi connectivity index (χ0) is 19.7. The maximum atomic E-state index is 12.3. The van der Waals surface area contributed by atoms with Gasteiger partial charge in [0.2, 0.25) is 5.91 Å². The number of fused-ring (bicyclic) bond motifs is 1. The Hall–Kier alpha value is -3.00. The van der Waals surface area contributed by atoms with Gasteiger partial charge in [-0.3, -0.25) is 14.0 Å². The number of thiazole rings is 1. The molecule has 0 bridgehead atoms. The Morgan fingerprint density at radius 2 is 2.04 bits per heavy atom. The summed E-state index contributed by atoms with van der Waals surface area (Å²) in [5, 5.41) is 1.86. The number of amides is 1. The van der Waals surface area contributed by atoms with Crippen LogP contribution < -0.4 is 5.56 Å². The number of carbonyl (C=O) groups excluding carboxylic acids is 2. The summed E-state index contributed by atoms with van der Waals surface area (Å²) in [6, 6.07) is 8.41. The van der Waals surface area contributed by atoms with E-state index in [-0.39, 0.29) is 18.1 Å². The minimum Gasteiger partial charge on any atom is -0.456 e. The van der Waals surface area contributed by atoms with Crippen molar-refractivity contribution in [3.63, 3.8) is 0 Å². The van der Waals surface area contributed by atoms with Crippen molar-refractivity contribution >= 4 is 28.2 Å². The number of hydrogen-bond donors (Lipinski definition) is 0. The van der Waals surface area contributed by atoms with Crippen LogP contribution in [0.4, 0.5) is 0 Å². The Morgan fingerprint density at radius 3 is 2.75 bits per heavy atom. The van der Waals surface area contributed by atoms with E-state index in [4.69, 9.17) is 4.74 Å². The molecule has 0 N–H and O–H groups in total. The van der Waals surface area contributed by atoms with Crippen molar-refractivity contribution in [1.82, 2.24) is 14.3 Å². The van der Waals surface area contributed by atoms with Crippen LogP contribution in [0.5, 0.6) is 0 Å². The molecule has 7 nitrogen and oxygen atoms in total.